The molecule has 1 aliphatic carbocycles. The number of nitrogens with zero attached hydrogens (tertiary/aromatic N) is 3. The summed E-state index contributed by atoms with van der Waals surface area (Å²) in [6, 6.07) is 23.8. The predicted octanol–water partition coefficient (Wildman–Crippen LogP) is 4.40. The van der Waals surface area contributed by atoms with Gasteiger partial charge in [0.25, 0.3) is 0 Å². The molecule has 2 heterocycles. The van der Waals surface area contributed by atoms with Crippen molar-refractivity contribution in [1.29, 1.82) is 0 Å². The number of aromatic nitrogens is 3. The average Bonchev–Trinajstić information content (AvgIpc) is 3.46. The highest BCUT2D eigenvalue weighted by Gasteiger charge is 2.55. The van der Waals surface area contributed by atoms with E-state index in [0.717, 1.165) is 17.7 Å². The minimum atomic E-state index is -0.414. The first-order valence-corrected chi connectivity index (χ1v) is 10.5. The van der Waals surface area contributed by atoms with E-state index in [4.69, 9.17) is 9.47 Å². The molecule has 1 saturated heterocycles. The minimum absolute atomic E-state index is 0.340. The van der Waals surface area contributed by atoms with Crippen LogP contribution >= 0.6 is 0 Å². The van der Waals surface area contributed by atoms with E-state index in [1.165, 1.54) is 10.8 Å². The molecule has 0 N–H and O–H groups in total. The Morgan fingerprint density at radius 3 is 2.65 bits per heavy atom. The van der Waals surface area contributed by atoms with Crippen LogP contribution in [0.5, 0.6) is 0 Å². The molecule has 1 aromatic heterocycles. The van der Waals surface area contributed by atoms with Crippen molar-refractivity contribution >= 4 is 16.7 Å². The number of rotatable bonds is 4. The highest BCUT2D eigenvalue weighted by Crippen LogP contribution is 2.51. The van der Waals surface area contributed by atoms with Crippen molar-refractivity contribution in [2.75, 3.05) is 6.61 Å². The molecule has 0 saturated carbocycles. The molecule has 1 spiro atoms. The molecule has 31 heavy (non-hydrogen) atoms. The second-order valence-electron chi connectivity index (χ2n) is 8.24. The van der Waals surface area contributed by atoms with Gasteiger partial charge in [-0.05, 0) is 47.4 Å². The van der Waals surface area contributed by atoms with Crippen LogP contribution in [-0.2, 0) is 21.6 Å². The van der Waals surface area contributed by atoms with Gasteiger partial charge in [-0.15, -0.1) is 5.10 Å². The fourth-order valence-electron chi connectivity index (χ4n) is 4.51. The van der Waals surface area contributed by atoms with Crippen molar-refractivity contribution in [2.24, 2.45) is 0 Å². The van der Waals surface area contributed by atoms with Gasteiger partial charge in [0.05, 0.1) is 18.7 Å². The largest absolute Gasteiger partial charge is 0.452 e. The first kappa shape index (κ1) is 18.3. The maximum absolute atomic E-state index is 12.6. The maximum Gasteiger partial charge on any atom is 0.338 e. The standard InChI is InChI=1S/C25H21N3O3/c29-24(19-7-2-1-3-8-19)31-21-12-13-25(16-30-25)23-22(21)26-27-28(23)15-17-10-11-18-6-4-5-9-20(18)14-17/h1-11,14,21H,12-13,15-16H2/t21-,25+/m1/s1. The molecule has 154 valence electrons. The lowest BCUT2D eigenvalue weighted by Crippen LogP contribution is -2.27. The van der Waals surface area contributed by atoms with Crippen molar-refractivity contribution < 1.29 is 14.3 Å². The molecule has 2 aliphatic rings. The predicted molar refractivity (Wildman–Crippen MR) is 115 cm³/mol. The number of esters is 1. The van der Waals surface area contributed by atoms with E-state index in [-0.39, 0.29) is 11.6 Å². The lowest BCUT2D eigenvalue weighted by molar-refractivity contribution is 0.0202. The summed E-state index contributed by atoms with van der Waals surface area (Å²) in [5.74, 6) is -0.340. The molecular formula is C25H21N3O3. The van der Waals surface area contributed by atoms with E-state index < -0.39 is 6.10 Å². The number of fused-ring (bicyclic) bond motifs is 3. The van der Waals surface area contributed by atoms with Gasteiger partial charge < -0.3 is 9.47 Å². The Morgan fingerprint density at radius 1 is 1.06 bits per heavy atom. The minimum Gasteiger partial charge on any atom is -0.452 e. The normalized spacial score (nSPS) is 21.7. The Kier molecular flexibility index (Phi) is 4.14. The monoisotopic (exact) mass is 411 g/mol. The molecule has 0 unspecified atom stereocenters. The van der Waals surface area contributed by atoms with Gasteiger partial charge in [-0.1, -0.05) is 59.8 Å². The van der Waals surface area contributed by atoms with Crippen LogP contribution in [0.15, 0.2) is 72.8 Å². The fourth-order valence-corrected chi connectivity index (χ4v) is 4.51. The molecular weight excluding hydrogens is 390 g/mol. The third-order valence-corrected chi connectivity index (χ3v) is 6.21. The Hall–Kier alpha value is -3.51. The molecule has 4 aromatic rings. The molecule has 3 aromatic carbocycles. The number of hydrogen-bond donors (Lipinski definition) is 0. The Labute approximate surface area is 179 Å². The van der Waals surface area contributed by atoms with Crippen LogP contribution in [0.3, 0.4) is 0 Å². The highest BCUT2D eigenvalue weighted by atomic mass is 16.6. The van der Waals surface area contributed by atoms with Crippen molar-refractivity contribution in [3.63, 3.8) is 0 Å². The molecule has 1 aliphatic heterocycles. The molecule has 2 atom stereocenters. The third kappa shape index (κ3) is 3.20. The van der Waals surface area contributed by atoms with Gasteiger partial charge in [0.1, 0.15) is 23.1 Å². The van der Waals surface area contributed by atoms with Crippen LogP contribution in [0.2, 0.25) is 0 Å². The molecule has 0 bridgehead atoms. The van der Waals surface area contributed by atoms with Crippen LogP contribution in [0.1, 0.15) is 46.3 Å². The summed E-state index contributed by atoms with van der Waals surface area (Å²) in [7, 11) is 0. The van der Waals surface area contributed by atoms with Gasteiger partial charge in [-0.2, -0.15) is 0 Å². The summed E-state index contributed by atoms with van der Waals surface area (Å²) >= 11 is 0. The number of carbonyl (C=O) groups excluding carboxylic acids is 1. The molecule has 6 rings (SSSR count). The molecule has 1 fully saturated rings. The molecule has 0 radical (unpaired) electrons. The summed E-state index contributed by atoms with van der Waals surface area (Å²) < 4.78 is 13.6. The van der Waals surface area contributed by atoms with Crippen LogP contribution in [0.25, 0.3) is 10.8 Å². The lowest BCUT2D eigenvalue weighted by Gasteiger charge is -2.26. The third-order valence-electron chi connectivity index (χ3n) is 6.21. The van der Waals surface area contributed by atoms with Crippen molar-refractivity contribution in [3.8, 4) is 0 Å². The van der Waals surface area contributed by atoms with Crippen LogP contribution in [-0.4, -0.2) is 27.6 Å². The second-order valence-corrected chi connectivity index (χ2v) is 8.24. The van der Waals surface area contributed by atoms with Crippen molar-refractivity contribution in [3.05, 3.63) is 95.3 Å². The number of ether oxygens (including phenoxy) is 2. The highest BCUT2D eigenvalue weighted by molar-refractivity contribution is 5.89. The van der Waals surface area contributed by atoms with Gasteiger partial charge in [-0.25, -0.2) is 9.48 Å². The van der Waals surface area contributed by atoms with Crippen LogP contribution in [0.4, 0.5) is 0 Å². The van der Waals surface area contributed by atoms with Crippen molar-refractivity contribution in [2.45, 2.75) is 31.1 Å². The summed E-state index contributed by atoms with van der Waals surface area (Å²) in [6.45, 7) is 1.25. The fraction of sp³-hybridized carbons (Fsp3) is 0.240. The van der Waals surface area contributed by atoms with Gasteiger partial charge in [0.2, 0.25) is 0 Å². The van der Waals surface area contributed by atoms with E-state index in [1.807, 2.05) is 35.0 Å². The van der Waals surface area contributed by atoms with E-state index in [1.54, 1.807) is 12.1 Å². The average molecular weight is 411 g/mol. The van der Waals surface area contributed by atoms with Crippen LogP contribution in [0, 0.1) is 0 Å². The first-order chi connectivity index (χ1) is 15.2. The summed E-state index contributed by atoms with van der Waals surface area (Å²) in [5, 5.41) is 11.3. The zero-order valence-electron chi connectivity index (χ0n) is 16.9. The van der Waals surface area contributed by atoms with Gasteiger partial charge in [-0.3, -0.25) is 0 Å². The van der Waals surface area contributed by atoms with E-state index >= 15 is 0 Å². The lowest BCUT2D eigenvalue weighted by atomic mass is 9.88. The summed E-state index contributed by atoms with van der Waals surface area (Å²) in [5.41, 5.74) is 3.00. The number of epoxide rings is 1. The maximum atomic E-state index is 12.6. The first-order valence-electron chi connectivity index (χ1n) is 10.5. The quantitative estimate of drug-likeness (QED) is 0.368. The Bertz CT molecular complexity index is 1280. The Balaban J connectivity index is 1.31. The zero-order valence-corrected chi connectivity index (χ0v) is 16.9. The van der Waals surface area contributed by atoms with E-state index in [9.17, 15) is 4.79 Å². The summed E-state index contributed by atoms with van der Waals surface area (Å²) in [4.78, 5) is 12.6. The smallest absolute Gasteiger partial charge is 0.338 e. The van der Waals surface area contributed by atoms with Gasteiger partial charge >= 0.3 is 5.97 Å². The number of hydrogen-bond acceptors (Lipinski definition) is 5. The van der Waals surface area contributed by atoms with Crippen LogP contribution < -0.4 is 0 Å². The SMILES string of the molecule is O=C(O[C@@H]1CC[C@]2(CO2)c2c1nnn2Cc1ccc2ccccc2c1)c1ccccc1. The topological polar surface area (TPSA) is 69.5 Å². The molecule has 6 nitrogen and oxygen atoms in total. The summed E-state index contributed by atoms with van der Waals surface area (Å²) in [6.07, 6.45) is 1.06. The number of benzene rings is 3. The van der Waals surface area contributed by atoms with Gasteiger partial charge in [0.15, 0.2) is 0 Å². The molecule has 0 amide bonds. The van der Waals surface area contributed by atoms with Crippen molar-refractivity contribution in [1.82, 2.24) is 15.0 Å². The Morgan fingerprint density at radius 2 is 1.84 bits per heavy atom. The van der Waals surface area contributed by atoms with E-state index in [2.05, 4.69) is 40.6 Å². The van der Waals surface area contributed by atoms with E-state index in [0.29, 0.717) is 30.8 Å². The zero-order chi connectivity index (χ0) is 20.8. The number of carbonyl (C=O) groups is 1. The molecule has 6 heteroatoms. The second kappa shape index (κ2) is 7.03. The van der Waals surface area contributed by atoms with Gasteiger partial charge in [0, 0.05) is 0 Å².